The number of ether oxygens (including phenoxy) is 2. The Balaban J connectivity index is 1.57. The van der Waals surface area contributed by atoms with E-state index in [1.807, 2.05) is 80.6 Å². The zero-order valence-electron chi connectivity index (χ0n) is 29.0. The van der Waals surface area contributed by atoms with Crippen LogP contribution in [0.1, 0.15) is 70.3 Å². The molecule has 0 saturated heterocycles. The van der Waals surface area contributed by atoms with Gasteiger partial charge in [-0.1, -0.05) is 54.6 Å². The van der Waals surface area contributed by atoms with Crippen LogP contribution in [0.25, 0.3) is 0 Å². The van der Waals surface area contributed by atoms with Crippen LogP contribution in [0.2, 0.25) is 0 Å². The maximum absolute atomic E-state index is 13.9. The molecule has 0 bridgehead atoms. The van der Waals surface area contributed by atoms with Gasteiger partial charge in [-0.15, -0.1) is 0 Å². The number of nitrogens with one attached hydrogen (secondary N) is 4. The lowest BCUT2D eigenvalue weighted by Gasteiger charge is -2.26. The Morgan fingerprint density at radius 2 is 1.26 bits per heavy atom. The van der Waals surface area contributed by atoms with Crippen LogP contribution in [0.15, 0.2) is 97.1 Å². The zero-order valence-corrected chi connectivity index (χ0v) is 29.8. The smallest absolute Gasteiger partial charge is 0.251 e. The van der Waals surface area contributed by atoms with E-state index in [0.29, 0.717) is 12.2 Å². The lowest BCUT2D eigenvalue weighted by Crippen LogP contribution is -2.49. The van der Waals surface area contributed by atoms with Gasteiger partial charge in [-0.05, 0) is 86.3 Å². The van der Waals surface area contributed by atoms with E-state index in [0.717, 1.165) is 22.4 Å². The van der Waals surface area contributed by atoms with Crippen LogP contribution >= 0.6 is 0 Å². The number of carbonyl (C=O) groups excluding carboxylic acids is 2. The third-order valence-corrected chi connectivity index (χ3v) is 9.71. The topological polar surface area (TPSA) is 155 Å². The lowest BCUT2D eigenvalue weighted by molar-refractivity contribution is 0.0825. The maximum atomic E-state index is 13.9. The van der Waals surface area contributed by atoms with E-state index in [4.69, 9.17) is 9.47 Å². The summed E-state index contributed by atoms with van der Waals surface area (Å²) in [5.74, 6) is 0.135. The molecule has 4 rings (SSSR count). The van der Waals surface area contributed by atoms with Gasteiger partial charge in [-0.2, -0.15) is 0 Å². The Labute approximate surface area is 294 Å². The number of rotatable bonds is 17. The molecular weight excluding hydrogens is 657 g/mol. The van der Waals surface area contributed by atoms with Crippen LogP contribution in [-0.4, -0.2) is 64.0 Å². The molecule has 4 aromatic carbocycles. The molecule has 0 radical (unpaired) electrons. The minimum Gasteiger partial charge on any atom is -0.497 e. The fraction of sp³-hybridized carbons (Fsp3) is 0.316. The van der Waals surface area contributed by atoms with Crippen molar-refractivity contribution >= 4 is 27.5 Å². The summed E-state index contributed by atoms with van der Waals surface area (Å²) in [4.78, 5) is 27.3. The molecule has 2 amide bonds. The predicted octanol–water partition coefficient (Wildman–Crippen LogP) is 5.01. The molecule has 0 aliphatic rings. The molecule has 5 N–H and O–H groups in total. The largest absolute Gasteiger partial charge is 0.497 e. The van der Waals surface area contributed by atoms with Crippen molar-refractivity contribution in [3.05, 3.63) is 125 Å². The Kier molecular flexibility index (Phi) is 13.4. The predicted molar refractivity (Wildman–Crippen MR) is 195 cm³/mol. The highest BCUT2D eigenvalue weighted by Crippen LogP contribution is 2.22. The molecule has 266 valence electrons. The van der Waals surface area contributed by atoms with Crippen molar-refractivity contribution in [3.63, 3.8) is 0 Å². The minimum atomic E-state index is -3.73. The first-order valence-electron chi connectivity index (χ1n) is 16.4. The van der Waals surface area contributed by atoms with Crippen molar-refractivity contribution in [1.29, 1.82) is 0 Å². The van der Waals surface area contributed by atoms with E-state index >= 15 is 0 Å². The van der Waals surface area contributed by atoms with Crippen LogP contribution in [0.5, 0.6) is 11.5 Å². The van der Waals surface area contributed by atoms with Crippen molar-refractivity contribution in [1.82, 2.24) is 16.0 Å². The number of carbonyl (C=O) groups is 2. The molecule has 0 saturated carbocycles. The van der Waals surface area contributed by atoms with Crippen molar-refractivity contribution < 1.29 is 32.6 Å². The first-order valence-corrected chi connectivity index (χ1v) is 18.1. The molecule has 0 fully saturated rings. The van der Waals surface area contributed by atoms with Crippen molar-refractivity contribution in [3.8, 4) is 11.5 Å². The van der Waals surface area contributed by atoms with Gasteiger partial charge in [0, 0.05) is 23.7 Å². The Morgan fingerprint density at radius 1 is 0.740 bits per heavy atom. The third-order valence-electron chi connectivity index (χ3n) is 8.40. The van der Waals surface area contributed by atoms with Gasteiger partial charge in [0.2, 0.25) is 10.0 Å². The zero-order chi connectivity index (χ0) is 36.3. The molecule has 0 aliphatic carbocycles. The third kappa shape index (κ3) is 10.8. The first-order chi connectivity index (χ1) is 23.9. The monoisotopic (exact) mass is 702 g/mol. The molecule has 0 aliphatic heterocycles. The van der Waals surface area contributed by atoms with Gasteiger partial charge in [0.1, 0.15) is 11.5 Å². The van der Waals surface area contributed by atoms with E-state index in [2.05, 4.69) is 20.7 Å². The molecule has 0 heterocycles. The molecule has 11 nitrogen and oxygen atoms in total. The number of aliphatic hydroxyl groups is 1. The molecule has 0 spiro atoms. The van der Waals surface area contributed by atoms with E-state index < -0.39 is 40.0 Å². The summed E-state index contributed by atoms with van der Waals surface area (Å²) in [6.07, 6.45) is -0.684. The second-order valence-corrected chi connectivity index (χ2v) is 14.0. The number of methoxy groups -OCH3 is 2. The molecule has 4 atom stereocenters. The SMILES string of the molecule is CCS(=O)(=O)Nc1cc(C(=O)N[C@@H](Cc2ccccc2)[C@H](O)CN[C@H](C)c2ccc(OC)cc2)cc(C(=O)N[C@H](C)c2ccc(OC)cc2)c1. The number of hydrogen-bond donors (Lipinski definition) is 5. The molecule has 4 aromatic rings. The normalized spacial score (nSPS) is 13.7. The van der Waals surface area contributed by atoms with Crippen molar-refractivity contribution in [2.45, 2.75) is 51.4 Å². The molecule has 0 unspecified atom stereocenters. The second kappa shape index (κ2) is 17.7. The summed E-state index contributed by atoms with van der Waals surface area (Å²) < 4.78 is 37.9. The highest BCUT2D eigenvalue weighted by Gasteiger charge is 2.25. The molecule has 0 aromatic heterocycles. The van der Waals surface area contributed by atoms with Crippen LogP contribution < -0.4 is 30.1 Å². The van der Waals surface area contributed by atoms with Crippen LogP contribution in [-0.2, 0) is 16.4 Å². The highest BCUT2D eigenvalue weighted by molar-refractivity contribution is 7.92. The maximum Gasteiger partial charge on any atom is 0.251 e. The van der Waals surface area contributed by atoms with Gasteiger partial charge in [0.25, 0.3) is 11.8 Å². The molecule has 12 heteroatoms. The van der Waals surface area contributed by atoms with Gasteiger partial charge in [-0.3, -0.25) is 14.3 Å². The number of sulfonamides is 1. The Bertz CT molecular complexity index is 1820. The van der Waals surface area contributed by atoms with Crippen LogP contribution in [0.3, 0.4) is 0 Å². The van der Waals surface area contributed by atoms with Gasteiger partial charge < -0.3 is 30.5 Å². The number of anilines is 1. The van der Waals surface area contributed by atoms with Gasteiger partial charge in [0.05, 0.1) is 43.8 Å². The fourth-order valence-corrected chi connectivity index (χ4v) is 5.93. The van der Waals surface area contributed by atoms with Crippen molar-refractivity contribution in [2.24, 2.45) is 0 Å². The highest BCUT2D eigenvalue weighted by atomic mass is 32.2. The fourth-order valence-electron chi connectivity index (χ4n) is 5.31. The summed E-state index contributed by atoms with van der Waals surface area (Å²) in [6, 6.07) is 27.3. The summed E-state index contributed by atoms with van der Waals surface area (Å²) in [5, 5.41) is 20.6. The van der Waals surface area contributed by atoms with E-state index in [1.54, 1.807) is 26.4 Å². The summed E-state index contributed by atoms with van der Waals surface area (Å²) in [6.45, 7) is 5.45. The quantitative estimate of drug-likeness (QED) is 0.103. The number of amides is 2. The van der Waals surface area contributed by atoms with Gasteiger partial charge >= 0.3 is 0 Å². The van der Waals surface area contributed by atoms with E-state index in [-0.39, 0.29) is 35.2 Å². The van der Waals surface area contributed by atoms with E-state index in [1.165, 1.54) is 25.1 Å². The molecular formula is C38H46N4O7S. The number of aliphatic hydroxyl groups excluding tert-OH is 1. The lowest BCUT2D eigenvalue weighted by atomic mass is 9.99. The minimum absolute atomic E-state index is 0.0494. The number of hydrogen-bond acceptors (Lipinski definition) is 8. The second-order valence-electron chi connectivity index (χ2n) is 12.0. The van der Waals surface area contributed by atoms with Gasteiger partial charge in [-0.25, -0.2) is 8.42 Å². The standard InChI is InChI=1S/C38H46N4O7S/c1-6-50(46,47)42-32-22-30(37(44)40-26(3)29-14-18-34(49-5)19-15-29)21-31(23-32)38(45)41-35(20-27-10-8-7-9-11-27)36(43)24-39-25(2)28-12-16-33(48-4)17-13-28/h7-19,21-23,25-26,35-36,39,42-43H,6,20,24H2,1-5H3,(H,40,44)(H,41,45)/t25-,26-,35+,36-/m1/s1. The average molecular weight is 703 g/mol. The van der Waals surface area contributed by atoms with Crippen LogP contribution in [0, 0.1) is 0 Å². The Hall–Kier alpha value is -4.91. The number of benzene rings is 4. The first kappa shape index (κ1) is 37.9. The van der Waals surface area contributed by atoms with Crippen molar-refractivity contribution in [2.75, 3.05) is 31.2 Å². The summed E-state index contributed by atoms with van der Waals surface area (Å²) in [5.41, 5.74) is 2.93. The summed E-state index contributed by atoms with van der Waals surface area (Å²) >= 11 is 0. The average Bonchev–Trinajstić information content (AvgIpc) is 3.13. The van der Waals surface area contributed by atoms with E-state index in [9.17, 15) is 23.1 Å². The van der Waals surface area contributed by atoms with Gasteiger partial charge in [0.15, 0.2) is 0 Å². The molecule has 50 heavy (non-hydrogen) atoms. The summed E-state index contributed by atoms with van der Waals surface area (Å²) in [7, 11) is -0.556. The van der Waals surface area contributed by atoms with Crippen LogP contribution in [0.4, 0.5) is 5.69 Å². The Morgan fingerprint density at radius 3 is 1.78 bits per heavy atom.